The zero-order valence-corrected chi connectivity index (χ0v) is 10.8. The lowest BCUT2D eigenvalue weighted by atomic mass is 9.95. The minimum atomic E-state index is 0.660. The molecule has 2 atom stereocenters. The third-order valence-corrected chi connectivity index (χ3v) is 4.28. The first-order chi connectivity index (χ1) is 7.78. The Labute approximate surface area is 101 Å². The van der Waals surface area contributed by atoms with Gasteiger partial charge in [0.05, 0.1) is 5.69 Å². The number of thioether (sulfide) groups is 1. The van der Waals surface area contributed by atoms with Crippen molar-refractivity contribution in [3.05, 3.63) is 11.9 Å². The van der Waals surface area contributed by atoms with Crippen molar-refractivity contribution in [3.63, 3.8) is 0 Å². The number of hydrogen-bond acceptors (Lipinski definition) is 4. The molecule has 4 nitrogen and oxygen atoms in total. The molecule has 90 valence electrons. The third-order valence-electron chi connectivity index (χ3n) is 3.18. The van der Waals surface area contributed by atoms with E-state index in [1.165, 1.54) is 25.7 Å². The molecular weight excluding hydrogens is 220 g/mol. The Morgan fingerprint density at radius 3 is 3.12 bits per heavy atom. The fourth-order valence-electron chi connectivity index (χ4n) is 2.27. The van der Waals surface area contributed by atoms with Gasteiger partial charge < -0.3 is 5.32 Å². The van der Waals surface area contributed by atoms with Gasteiger partial charge in [-0.15, -0.1) is 5.10 Å². The van der Waals surface area contributed by atoms with Crippen LogP contribution in [-0.4, -0.2) is 32.5 Å². The molecule has 1 fully saturated rings. The summed E-state index contributed by atoms with van der Waals surface area (Å²) in [5.41, 5.74) is 1.04. The Morgan fingerprint density at radius 1 is 1.56 bits per heavy atom. The Hall–Kier alpha value is -0.550. The maximum Gasteiger partial charge on any atom is 0.0964 e. The first kappa shape index (κ1) is 11.9. The van der Waals surface area contributed by atoms with E-state index >= 15 is 0 Å². The van der Waals surface area contributed by atoms with E-state index in [1.807, 2.05) is 25.0 Å². The first-order valence-corrected chi connectivity index (χ1v) is 7.18. The molecule has 1 aromatic rings. The Kier molecular flexibility index (Phi) is 4.23. The molecule has 16 heavy (non-hydrogen) atoms. The molecule has 1 saturated carbocycles. The Bertz CT molecular complexity index is 326. The van der Waals surface area contributed by atoms with Crippen LogP contribution in [0.2, 0.25) is 0 Å². The molecule has 2 unspecified atom stereocenters. The van der Waals surface area contributed by atoms with Crippen molar-refractivity contribution in [2.75, 3.05) is 6.26 Å². The summed E-state index contributed by atoms with van der Waals surface area (Å²) in [6, 6.07) is 0.660. The summed E-state index contributed by atoms with van der Waals surface area (Å²) >= 11 is 2.00. The van der Waals surface area contributed by atoms with Gasteiger partial charge in [-0.05, 0) is 25.5 Å². The monoisotopic (exact) mass is 240 g/mol. The van der Waals surface area contributed by atoms with Crippen LogP contribution in [0.5, 0.6) is 0 Å². The van der Waals surface area contributed by atoms with E-state index < -0.39 is 0 Å². The average molecular weight is 240 g/mol. The molecule has 1 aromatic heterocycles. The van der Waals surface area contributed by atoms with Gasteiger partial charge in [0, 0.05) is 31.1 Å². The highest BCUT2D eigenvalue weighted by atomic mass is 32.2. The van der Waals surface area contributed by atoms with E-state index in [2.05, 4.69) is 21.9 Å². The van der Waals surface area contributed by atoms with Crippen molar-refractivity contribution in [2.24, 2.45) is 7.05 Å². The highest BCUT2D eigenvalue weighted by molar-refractivity contribution is 7.99. The highest BCUT2D eigenvalue weighted by Gasteiger charge is 2.20. The molecule has 5 heteroatoms. The Balaban J connectivity index is 1.77. The van der Waals surface area contributed by atoms with Gasteiger partial charge in [0.25, 0.3) is 0 Å². The smallest absolute Gasteiger partial charge is 0.0964 e. The number of aromatic nitrogens is 3. The molecule has 1 N–H and O–H groups in total. The first-order valence-electron chi connectivity index (χ1n) is 5.89. The minimum absolute atomic E-state index is 0.660. The SMILES string of the molecule is CSC1CCCC(NCc2cn(C)nn2)C1. The molecular formula is C11H20N4S. The fourth-order valence-corrected chi connectivity index (χ4v) is 3.10. The number of nitrogens with zero attached hydrogens (tertiary/aromatic N) is 3. The van der Waals surface area contributed by atoms with E-state index in [1.54, 1.807) is 4.68 Å². The molecule has 0 aromatic carbocycles. The maximum atomic E-state index is 4.08. The highest BCUT2D eigenvalue weighted by Crippen LogP contribution is 2.26. The number of rotatable bonds is 4. The van der Waals surface area contributed by atoms with Crippen LogP contribution in [0.4, 0.5) is 0 Å². The molecule has 0 aliphatic heterocycles. The Morgan fingerprint density at radius 2 is 2.44 bits per heavy atom. The van der Waals surface area contributed by atoms with E-state index in [-0.39, 0.29) is 0 Å². The maximum absolute atomic E-state index is 4.08. The van der Waals surface area contributed by atoms with Crippen molar-refractivity contribution in [1.29, 1.82) is 0 Å². The van der Waals surface area contributed by atoms with Gasteiger partial charge >= 0.3 is 0 Å². The summed E-state index contributed by atoms with van der Waals surface area (Å²) < 4.78 is 1.75. The minimum Gasteiger partial charge on any atom is -0.308 e. The van der Waals surface area contributed by atoms with Crippen molar-refractivity contribution in [2.45, 2.75) is 43.5 Å². The average Bonchev–Trinajstić information content (AvgIpc) is 2.73. The molecule has 2 rings (SSSR count). The van der Waals surface area contributed by atoms with E-state index in [0.29, 0.717) is 6.04 Å². The quantitative estimate of drug-likeness (QED) is 0.867. The summed E-state index contributed by atoms with van der Waals surface area (Å²) in [6.07, 6.45) is 9.52. The number of aryl methyl sites for hydroxylation is 1. The van der Waals surface area contributed by atoms with Crippen molar-refractivity contribution in [3.8, 4) is 0 Å². The topological polar surface area (TPSA) is 42.7 Å². The van der Waals surface area contributed by atoms with Crippen LogP contribution < -0.4 is 5.32 Å². The van der Waals surface area contributed by atoms with Crippen molar-refractivity contribution >= 4 is 11.8 Å². The van der Waals surface area contributed by atoms with Crippen LogP contribution in [0.25, 0.3) is 0 Å². The predicted molar refractivity (Wildman–Crippen MR) is 67.4 cm³/mol. The molecule has 0 radical (unpaired) electrons. The molecule has 0 spiro atoms. The van der Waals surface area contributed by atoms with Crippen molar-refractivity contribution < 1.29 is 0 Å². The van der Waals surface area contributed by atoms with Crippen molar-refractivity contribution in [1.82, 2.24) is 20.3 Å². The molecule has 1 aliphatic carbocycles. The van der Waals surface area contributed by atoms with Crippen LogP contribution in [0.1, 0.15) is 31.4 Å². The zero-order valence-electron chi connectivity index (χ0n) is 10.0. The van der Waals surface area contributed by atoms with Crippen LogP contribution in [-0.2, 0) is 13.6 Å². The summed E-state index contributed by atoms with van der Waals surface area (Å²) in [5.74, 6) is 0. The van der Waals surface area contributed by atoms with Crippen LogP contribution >= 0.6 is 11.8 Å². The number of hydrogen-bond donors (Lipinski definition) is 1. The van der Waals surface area contributed by atoms with E-state index in [0.717, 1.165) is 17.5 Å². The summed E-state index contributed by atoms with van der Waals surface area (Å²) in [4.78, 5) is 0. The van der Waals surface area contributed by atoms with Crippen LogP contribution in [0.15, 0.2) is 6.20 Å². The predicted octanol–water partition coefficient (Wildman–Crippen LogP) is 1.58. The van der Waals surface area contributed by atoms with Gasteiger partial charge in [-0.1, -0.05) is 11.6 Å². The molecule has 1 heterocycles. The van der Waals surface area contributed by atoms with Gasteiger partial charge in [-0.2, -0.15) is 11.8 Å². The number of nitrogens with one attached hydrogen (secondary N) is 1. The molecule has 1 aliphatic rings. The second kappa shape index (κ2) is 5.68. The zero-order chi connectivity index (χ0) is 11.4. The van der Waals surface area contributed by atoms with Crippen LogP contribution in [0, 0.1) is 0 Å². The van der Waals surface area contributed by atoms with Gasteiger partial charge in [0.15, 0.2) is 0 Å². The summed E-state index contributed by atoms with van der Waals surface area (Å²) in [6.45, 7) is 0.847. The second-order valence-electron chi connectivity index (χ2n) is 4.49. The van der Waals surface area contributed by atoms with Gasteiger partial charge in [-0.3, -0.25) is 4.68 Å². The largest absolute Gasteiger partial charge is 0.308 e. The van der Waals surface area contributed by atoms with Gasteiger partial charge in [-0.25, -0.2) is 0 Å². The standard InChI is InChI=1S/C11H20N4S/c1-15-8-10(13-14-15)7-12-9-4-3-5-11(6-9)16-2/h8-9,11-12H,3-7H2,1-2H3. The fraction of sp³-hybridized carbons (Fsp3) is 0.818. The van der Waals surface area contributed by atoms with Gasteiger partial charge in [0.2, 0.25) is 0 Å². The van der Waals surface area contributed by atoms with Gasteiger partial charge in [0.1, 0.15) is 0 Å². The molecule has 0 bridgehead atoms. The summed E-state index contributed by atoms with van der Waals surface area (Å²) in [5, 5.41) is 12.4. The lowest BCUT2D eigenvalue weighted by Gasteiger charge is -2.28. The van der Waals surface area contributed by atoms with E-state index in [9.17, 15) is 0 Å². The lowest BCUT2D eigenvalue weighted by molar-refractivity contribution is 0.378. The van der Waals surface area contributed by atoms with Crippen LogP contribution in [0.3, 0.4) is 0 Å². The second-order valence-corrected chi connectivity index (χ2v) is 5.62. The molecule has 0 saturated heterocycles. The normalized spacial score (nSPS) is 25.9. The molecule has 0 amide bonds. The van der Waals surface area contributed by atoms with E-state index in [4.69, 9.17) is 0 Å². The summed E-state index contributed by atoms with van der Waals surface area (Å²) in [7, 11) is 1.90. The lowest BCUT2D eigenvalue weighted by Crippen LogP contribution is -2.34. The third kappa shape index (κ3) is 3.22.